The highest BCUT2D eigenvalue weighted by molar-refractivity contribution is 5.71. The molecule has 3 rings (SSSR count). The third-order valence-corrected chi connectivity index (χ3v) is 5.73. The molecule has 0 amide bonds. The maximum atomic E-state index is 11.2. The molecule has 29 heavy (non-hydrogen) atoms. The summed E-state index contributed by atoms with van der Waals surface area (Å²) in [7, 11) is 0. The first-order valence-corrected chi connectivity index (χ1v) is 10.5. The Morgan fingerprint density at radius 3 is 1.83 bits per heavy atom. The molecule has 0 saturated carbocycles. The minimum absolute atomic E-state index is 0.00963. The van der Waals surface area contributed by atoms with E-state index < -0.39 is 0 Å². The molecule has 156 valence electrons. The van der Waals surface area contributed by atoms with E-state index in [1.54, 1.807) is 0 Å². The van der Waals surface area contributed by atoms with E-state index in [9.17, 15) is 5.11 Å². The van der Waals surface area contributed by atoms with Crippen LogP contribution in [0.3, 0.4) is 0 Å². The maximum absolute atomic E-state index is 11.2. The molecule has 1 aliphatic heterocycles. The van der Waals surface area contributed by atoms with Gasteiger partial charge in [0.2, 0.25) is 0 Å². The van der Waals surface area contributed by atoms with Crippen molar-refractivity contribution >= 4 is 11.4 Å². The van der Waals surface area contributed by atoms with E-state index in [1.165, 1.54) is 27.9 Å². The molecule has 0 bridgehead atoms. The SMILES string of the molecule is Cc1cc(C)c(N2C=CN(c3cc(C(C)(C)C)cc(C(C)(C)C)c3O)C2)c(C)c1. The van der Waals surface area contributed by atoms with Gasteiger partial charge >= 0.3 is 0 Å². The Kier molecular flexibility index (Phi) is 5.23. The largest absolute Gasteiger partial charge is 0.505 e. The predicted octanol–water partition coefficient (Wildman–Crippen LogP) is 6.67. The van der Waals surface area contributed by atoms with E-state index in [2.05, 4.69) is 109 Å². The summed E-state index contributed by atoms with van der Waals surface area (Å²) < 4.78 is 0. The molecular formula is C26H36N2O. The lowest BCUT2D eigenvalue weighted by molar-refractivity contribution is 0.445. The van der Waals surface area contributed by atoms with Gasteiger partial charge in [0.1, 0.15) is 5.75 Å². The van der Waals surface area contributed by atoms with Crippen LogP contribution in [0.25, 0.3) is 0 Å². The van der Waals surface area contributed by atoms with Crippen LogP contribution in [-0.4, -0.2) is 11.8 Å². The monoisotopic (exact) mass is 392 g/mol. The average molecular weight is 393 g/mol. The minimum Gasteiger partial charge on any atom is -0.505 e. The summed E-state index contributed by atoms with van der Waals surface area (Å²) in [6, 6.07) is 8.78. The zero-order valence-corrected chi connectivity index (χ0v) is 19.5. The number of anilines is 2. The Balaban J connectivity index is 2.04. The Hall–Kier alpha value is -2.42. The molecule has 3 nitrogen and oxygen atoms in total. The number of phenolic OH excluding ortho intramolecular Hbond substituents is 1. The van der Waals surface area contributed by atoms with Crippen molar-refractivity contribution in [1.82, 2.24) is 0 Å². The molecule has 1 aliphatic rings. The van der Waals surface area contributed by atoms with Crippen molar-refractivity contribution in [3.63, 3.8) is 0 Å². The van der Waals surface area contributed by atoms with Crippen molar-refractivity contribution in [2.75, 3.05) is 16.5 Å². The Morgan fingerprint density at radius 1 is 0.759 bits per heavy atom. The van der Waals surface area contributed by atoms with Gasteiger partial charge in [-0.05, 0) is 54.4 Å². The molecule has 0 aliphatic carbocycles. The molecule has 0 spiro atoms. The molecule has 0 radical (unpaired) electrons. The molecule has 0 aromatic heterocycles. The summed E-state index contributed by atoms with van der Waals surface area (Å²) in [6.45, 7) is 20.3. The highest BCUT2D eigenvalue weighted by atomic mass is 16.3. The quantitative estimate of drug-likeness (QED) is 0.618. The second-order valence-corrected chi connectivity index (χ2v) is 10.5. The van der Waals surface area contributed by atoms with Gasteiger partial charge in [-0.1, -0.05) is 65.3 Å². The van der Waals surface area contributed by atoms with Gasteiger partial charge in [0.15, 0.2) is 0 Å². The van der Waals surface area contributed by atoms with Crippen LogP contribution in [0.1, 0.15) is 69.4 Å². The standard InChI is InChI=1S/C26H36N2O/c1-17-12-18(2)23(19(3)13-17)28-11-10-27(16-28)22-15-20(25(4,5)6)14-21(24(22)29)26(7,8)9/h10-15,29H,16H2,1-9H3. The first-order valence-electron chi connectivity index (χ1n) is 10.5. The summed E-state index contributed by atoms with van der Waals surface area (Å²) in [5.74, 6) is 0.384. The Labute approximate surface area is 176 Å². The summed E-state index contributed by atoms with van der Waals surface area (Å²) in [5.41, 5.74) is 8.08. The summed E-state index contributed by atoms with van der Waals surface area (Å²) >= 11 is 0. The van der Waals surface area contributed by atoms with Crippen molar-refractivity contribution in [3.8, 4) is 5.75 Å². The highest BCUT2D eigenvalue weighted by Crippen LogP contribution is 2.43. The van der Waals surface area contributed by atoms with Crippen LogP contribution in [0.4, 0.5) is 11.4 Å². The molecule has 0 fully saturated rings. The van der Waals surface area contributed by atoms with Gasteiger partial charge in [-0.2, -0.15) is 0 Å². The summed E-state index contributed by atoms with van der Waals surface area (Å²) in [5, 5.41) is 11.2. The van der Waals surface area contributed by atoms with Crippen molar-refractivity contribution in [2.45, 2.75) is 73.1 Å². The van der Waals surface area contributed by atoms with Gasteiger partial charge in [-0.3, -0.25) is 0 Å². The van der Waals surface area contributed by atoms with E-state index in [0.717, 1.165) is 11.3 Å². The lowest BCUT2D eigenvalue weighted by atomic mass is 9.79. The summed E-state index contributed by atoms with van der Waals surface area (Å²) in [6.07, 6.45) is 4.19. The molecule has 2 aromatic carbocycles. The number of hydrogen-bond acceptors (Lipinski definition) is 3. The number of benzene rings is 2. The smallest absolute Gasteiger partial charge is 0.143 e. The van der Waals surface area contributed by atoms with Crippen LogP contribution in [0.2, 0.25) is 0 Å². The predicted molar refractivity (Wildman–Crippen MR) is 125 cm³/mol. The van der Waals surface area contributed by atoms with Gasteiger partial charge in [-0.25, -0.2) is 0 Å². The molecule has 0 saturated heterocycles. The first-order chi connectivity index (χ1) is 13.3. The van der Waals surface area contributed by atoms with Crippen molar-refractivity contribution in [3.05, 3.63) is 64.5 Å². The zero-order valence-electron chi connectivity index (χ0n) is 19.5. The van der Waals surface area contributed by atoms with Crippen LogP contribution >= 0.6 is 0 Å². The second kappa shape index (κ2) is 7.12. The lowest BCUT2D eigenvalue weighted by Crippen LogP contribution is -2.27. The average Bonchev–Trinajstić information content (AvgIpc) is 3.01. The molecular weight excluding hydrogens is 356 g/mol. The highest BCUT2D eigenvalue weighted by Gasteiger charge is 2.28. The van der Waals surface area contributed by atoms with E-state index in [0.29, 0.717) is 12.4 Å². The van der Waals surface area contributed by atoms with E-state index in [1.807, 2.05) is 0 Å². The number of aryl methyl sites for hydroxylation is 3. The van der Waals surface area contributed by atoms with Crippen LogP contribution in [-0.2, 0) is 10.8 Å². The van der Waals surface area contributed by atoms with Crippen LogP contribution in [0.15, 0.2) is 36.7 Å². The normalized spacial score (nSPS) is 14.8. The van der Waals surface area contributed by atoms with Crippen molar-refractivity contribution < 1.29 is 5.11 Å². The van der Waals surface area contributed by atoms with Gasteiger partial charge in [0.05, 0.1) is 12.4 Å². The Morgan fingerprint density at radius 2 is 1.31 bits per heavy atom. The van der Waals surface area contributed by atoms with Gasteiger partial charge in [0, 0.05) is 23.7 Å². The number of aromatic hydroxyl groups is 1. The van der Waals surface area contributed by atoms with E-state index >= 15 is 0 Å². The first kappa shape index (κ1) is 21.3. The Bertz CT molecular complexity index is 935. The minimum atomic E-state index is -0.132. The number of rotatable bonds is 2. The summed E-state index contributed by atoms with van der Waals surface area (Å²) in [4.78, 5) is 4.42. The molecule has 1 heterocycles. The fourth-order valence-electron chi connectivity index (χ4n) is 4.19. The second-order valence-electron chi connectivity index (χ2n) is 10.5. The lowest BCUT2D eigenvalue weighted by Gasteiger charge is -2.30. The molecule has 1 N–H and O–H groups in total. The fourth-order valence-corrected chi connectivity index (χ4v) is 4.19. The number of phenols is 1. The molecule has 0 unspecified atom stereocenters. The zero-order chi connectivity index (χ0) is 21.7. The molecule has 0 atom stereocenters. The topological polar surface area (TPSA) is 26.7 Å². The maximum Gasteiger partial charge on any atom is 0.143 e. The van der Waals surface area contributed by atoms with Gasteiger partial charge in [0.25, 0.3) is 0 Å². The number of nitrogens with zero attached hydrogens (tertiary/aromatic N) is 2. The van der Waals surface area contributed by atoms with Crippen molar-refractivity contribution in [2.24, 2.45) is 0 Å². The fraction of sp³-hybridized carbons (Fsp3) is 0.462. The number of hydrogen-bond donors (Lipinski definition) is 1. The van der Waals surface area contributed by atoms with Gasteiger partial charge < -0.3 is 14.9 Å². The van der Waals surface area contributed by atoms with Gasteiger partial charge in [-0.15, -0.1) is 0 Å². The van der Waals surface area contributed by atoms with Crippen LogP contribution in [0.5, 0.6) is 5.75 Å². The van der Waals surface area contributed by atoms with Crippen LogP contribution in [0, 0.1) is 20.8 Å². The third kappa shape index (κ3) is 4.14. The molecule has 3 heteroatoms. The van der Waals surface area contributed by atoms with Crippen molar-refractivity contribution in [1.29, 1.82) is 0 Å². The molecule has 2 aromatic rings. The van der Waals surface area contributed by atoms with E-state index in [4.69, 9.17) is 0 Å². The van der Waals surface area contributed by atoms with Crippen LogP contribution < -0.4 is 9.80 Å². The third-order valence-electron chi connectivity index (χ3n) is 5.73. The van der Waals surface area contributed by atoms with E-state index in [-0.39, 0.29) is 10.8 Å².